The fourth-order valence-electron chi connectivity index (χ4n) is 17.1. The molecule has 3 saturated heterocycles. The summed E-state index contributed by atoms with van der Waals surface area (Å²) in [7, 11) is 2.52. The van der Waals surface area contributed by atoms with E-state index in [1.54, 1.807) is 42.8 Å². The zero-order chi connectivity index (χ0) is 105. The lowest BCUT2D eigenvalue weighted by atomic mass is 10.0. The van der Waals surface area contributed by atoms with Crippen LogP contribution in [-0.4, -0.2) is 335 Å². The molecule has 0 aliphatic carbocycles. The molecule has 1 aromatic heterocycles. The summed E-state index contributed by atoms with van der Waals surface area (Å²) >= 11 is 0. The van der Waals surface area contributed by atoms with Crippen molar-refractivity contribution in [2.24, 2.45) is 22.2 Å². The Bertz CT molecular complexity index is 4610. The van der Waals surface area contributed by atoms with E-state index in [9.17, 15) is 92.0 Å². The molecule has 144 heavy (non-hydrogen) atoms. The third kappa shape index (κ3) is 47.6. The molecule has 6 rings (SSSR count). The first-order valence-electron chi connectivity index (χ1n) is 50.1. The molecular weight excluding hydrogens is 1910 g/mol. The first-order chi connectivity index (χ1) is 69.1. The predicted octanol–water partition coefficient (Wildman–Crippen LogP) is 0.481. The summed E-state index contributed by atoms with van der Waals surface area (Å²) < 4.78 is 11.0. The van der Waals surface area contributed by atoms with Crippen molar-refractivity contribution in [1.29, 1.82) is 5.41 Å². The number of unbranched alkanes of at least 4 members (excludes halogenated alkanes) is 14. The standard InChI is InChI=1S/C95H150N22O25S2/c1-61(118)106-71-39-52-143-144-53-40-72(112-91(137)73(54-62-56-104-65-28-15-14-27-64(62)65)113-86(132)67(32-23-44-103-95(98)99)107-78(120)57-105-85(131)74(114-90(71)136)55-63-26-22-43-100-63)93(139)117-48-25-34-76(117)94(140)116-47-24-33-75(116)92(138)111-69(30-16-19-41-96)88(134)110-70(37-38-81(124)125)89(135)109-68(31-18-21-46-115(58-82(126)127)59-83(128)129)87(133)108-66(84(97)130)29-17-20-42-101-79(121)60-142-51-50-141-49-45-102-77(119)35-12-10-8-6-4-2-3-5-7-9-11-13-36-80(122)123/h14-15,26-28,43,56,66-76,104H,2-13,16-25,29-42,44-55,57-60,96H2,1H3,(H2,97,130)(H,101,121)(H,102,119)(H,105,131)(H,106,118)(H,107,120)(H,108,133)(H,109,135)(H,110,134)(H,111,138)(H,112,137)(H,113,132)(H,114,136)(H,122,123)(H,124,125)(H,126,127)(H,128,129)(H4,98,99,103)/t66-,67-,68-,69-,70-,71-,72-,73-,74-,75-,76-/m0/s1. The highest BCUT2D eigenvalue weighted by atomic mass is 33.1. The summed E-state index contributed by atoms with van der Waals surface area (Å²) in [5.74, 6) is -16.3. The van der Waals surface area contributed by atoms with E-state index in [0.29, 0.717) is 48.0 Å². The number of fused-ring (bicyclic) bond motifs is 1. The molecule has 2 aromatic rings. The van der Waals surface area contributed by atoms with Gasteiger partial charge in [-0.25, -0.2) is 0 Å². The number of hydrogen-bond acceptors (Lipinski definition) is 27. The molecule has 0 saturated carbocycles. The van der Waals surface area contributed by atoms with Gasteiger partial charge >= 0.3 is 23.9 Å². The minimum atomic E-state index is -1.76. The van der Waals surface area contributed by atoms with Crippen LogP contribution < -0.4 is 86.3 Å². The number of likely N-dealkylation sites (tertiary alicyclic amines) is 2. The summed E-state index contributed by atoms with van der Waals surface area (Å²) in [5, 5.41) is 81.0. The molecule has 15 amide bonds. The van der Waals surface area contributed by atoms with E-state index in [4.69, 9.17) is 37.2 Å². The normalized spacial score (nSPS) is 19.1. The molecule has 4 aliphatic heterocycles. The maximum absolute atomic E-state index is 15.6. The Morgan fingerprint density at radius 2 is 1.10 bits per heavy atom. The number of carboxylic acids is 4. The molecule has 0 bridgehead atoms. The van der Waals surface area contributed by atoms with E-state index < -0.39 is 206 Å². The van der Waals surface area contributed by atoms with E-state index in [0.717, 1.165) is 69.1 Å². The molecule has 0 spiro atoms. The lowest BCUT2D eigenvalue weighted by Crippen LogP contribution is -2.60. The van der Waals surface area contributed by atoms with Crippen molar-refractivity contribution < 1.29 is 121 Å². The lowest BCUT2D eigenvalue weighted by Gasteiger charge is -2.34. The van der Waals surface area contributed by atoms with Crippen LogP contribution in [0.15, 0.2) is 47.2 Å². The highest BCUT2D eigenvalue weighted by Gasteiger charge is 2.46. The van der Waals surface area contributed by atoms with Gasteiger partial charge in [-0.3, -0.25) is 106 Å². The average Bonchev–Trinajstić information content (AvgIpc) is 1.63. The number of carboxylic acid groups (broad SMARTS) is 4. The Morgan fingerprint density at radius 3 is 1.72 bits per heavy atom. The number of nitrogens with one attached hydrogen (secondary N) is 15. The number of nitrogens with zero attached hydrogens (tertiary/aromatic N) is 4. The van der Waals surface area contributed by atoms with Crippen LogP contribution >= 0.6 is 21.6 Å². The number of nitrogens with two attached hydrogens (primary N) is 3. The second-order valence-corrected chi connectivity index (χ2v) is 38.9. The number of benzene rings is 1. The van der Waals surface area contributed by atoms with Crippen molar-refractivity contribution in [1.82, 2.24) is 88.8 Å². The van der Waals surface area contributed by atoms with Gasteiger partial charge in [0.15, 0.2) is 5.96 Å². The molecule has 1 aromatic carbocycles. The number of H-pyrrole nitrogens is 1. The highest BCUT2D eigenvalue weighted by molar-refractivity contribution is 8.76. The highest BCUT2D eigenvalue weighted by Crippen LogP contribution is 2.30. The molecule has 25 N–H and O–H groups in total. The molecule has 0 unspecified atom stereocenters. The summed E-state index contributed by atoms with van der Waals surface area (Å²) in [6.45, 7) is -0.174. The quantitative estimate of drug-likeness (QED) is 0.0185. The number of carbonyl (C=O) groups is 19. The van der Waals surface area contributed by atoms with Gasteiger partial charge in [0.2, 0.25) is 88.6 Å². The number of guanidine groups is 1. The number of aromatic nitrogens is 1. The van der Waals surface area contributed by atoms with Crippen molar-refractivity contribution in [3.63, 3.8) is 0 Å². The second-order valence-electron chi connectivity index (χ2n) is 36.2. The smallest absolute Gasteiger partial charge is 0.317 e. The van der Waals surface area contributed by atoms with Crippen LogP contribution in [-0.2, 0) is 107 Å². The van der Waals surface area contributed by atoms with Gasteiger partial charge in [0.1, 0.15) is 73.1 Å². The van der Waals surface area contributed by atoms with Crippen molar-refractivity contribution in [3.05, 3.63) is 47.8 Å². The van der Waals surface area contributed by atoms with Gasteiger partial charge in [-0.15, -0.1) is 0 Å². The largest absolute Gasteiger partial charge is 0.481 e. The number of aliphatic imine (C=N–C) groups is 1. The van der Waals surface area contributed by atoms with Crippen LogP contribution in [0.2, 0.25) is 0 Å². The van der Waals surface area contributed by atoms with Crippen LogP contribution in [0.4, 0.5) is 0 Å². The maximum atomic E-state index is 15.6. The van der Waals surface area contributed by atoms with E-state index in [-0.39, 0.29) is 211 Å². The fraction of sp³-hybridized carbons (Fsp3) is 0.674. The van der Waals surface area contributed by atoms with Crippen LogP contribution in [0.1, 0.15) is 237 Å². The molecule has 11 atom stereocenters. The number of ether oxygens (including phenoxy) is 2. The summed E-state index contributed by atoms with van der Waals surface area (Å²) in [4.78, 5) is 270. The Balaban J connectivity index is 1.13. The number of primary amides is 1. The Hall–Kier alpha value is -12.1. The number of rotatable bonds is 64. The van der Waals surface area contributed by atoms with Crippen LogP contribution in [0.25, 0.3) is 10.9 Å². The van der Waals surface area contributed by atoms with E-state index in [1.807, 2.05) is 0 Å². The Labute approximate surface area is 846 Å². The second kappa shape index (κ2) is 68.3. The van der Waals surface area contributed by atoms with E-state index in [2.05, 4.69) is 79.1 Å². The van der Waals surface area contributed by atoms with Crippen molar-refractivity contribution in [2.45, 2.75) is 305 Å². The SMILES string of the molecule is CC(=O)N[C@H]1CCSSCC[C@@H](C(=O)N2CCC[C@H]2C(=O)N2CCC[C@H]2C(=O)N[C@@H](CCCCN)C(=O)N[C@@H](CCC(=O)O)C(=O)N[C@@H](CCCCN(CC(=O)O)CC(=O)O)C(=O)N[C@@H](CCCCNC(=O)COCCOCCNC(=O)CCCCCCCCCCCCCCC(=O)O)C(N)=O)NC(=O)[C@H](Cc2c[nH]c3ccccc23)NC(=O)[C@H](CCCNC(=N)N)NC(=O)CNC(=O)[C@H](CC2=CCC=N2)NC1=O. The summed E-state index contributed by atoms with van der Waals surface area (Å²) in [5.41, 5.74) is 19.0. The molecule has 802 valence electrons. The van der Waals surface area contributed by atoms with Gasteiger partial charge in [-0.2, -0.15) is 0 Å². The fourth-order valence-corrected chi connectivity index (χ4v) is 19.3. The monoisotopic (exact) mass is 2060 g/mol. The molecule has 5 heterocycles. The van der Waals surface area contributed by atoms with Crippen molar-refractivity contribution in [3.8, 4) is 0 Å². The van der Waals surface area contributed by atoms with Crippen LogP contribution in [0.5, 0.6) is 0 Å². The van der Waals surface area contributed by atoms with Crippen molar-refractivity contribution >= 4 is 157 Å². The molecule has 49 heteroatoms. The summed E-state index contributed by atoms with van der Waals surface area (Å²) in [6, 6.07) is -8.36. The molecule has 47 nitrogen and oxygen atoms in total. The van der Waals surface area contributed by atoms with Gasteiger partial charge in [0.05, 0.1) is 39.5 Å². The third-order valence-electron chi connectivity index (χ3n) is 24.6. The minimum Gasteiger partial charge on any atom is -0.481 e. The van der Waals surface area contributed by atoms with Gasteiger partial charge in [0.25, 0.3) is 0 Å². The number of carbonyl (C=O) groups excluding carboxylic acids is 15. The molecule has 0 radical (unpaired) electrons. The van der Waals surface area contributed by atoms with Gasteiger partial charge in [-0.05, 0) is 153 Å². The van der Waals surface area contributed by atoms with Gasteiger partial charge in [-0.1, -0.05) is 110 Å². The molecular formula is C95H150N22O25S2. The lowest BCUT2D eigenvalue weighted by molar-refractivity contribution is -0.148. The zero-order valence-corrected chi connectivity index (χ0v) is 84.0. The topological polar surface area (TPSA) is 720 Å². The minimum absolute atomic E-state index is 0.00159. The zero-order valence-electron chi connectivity index (χ0n) is 82.4. The number of amides is 15. The first-order valence-corrected chi connectivity index (χ1v) is 52.5. The Kier molecular flexibility index (Phi) is 57.2. The number of aliphatic carboxylic acids is 4. The van der Waals surface area contributed by atoms with Crippen LogP contribution in [0, 0.1) is 5.41 Å². The number of allylic oxidation sites excluding steroid dienone is 1. The van der Waals surface area contributed by atoms with E-state index >= 15 is 14.4 Å². The average molecular weight is 2060 g/mol. The van der Waals surface area contributed by atoms with Gasteiger partial charge in [0, 0.05) is 119 Å². The first kappa shape index (κ1) is 121. The Morgan fingerprint density at radius 1 is 0.542 bits per heavy atom. The van der Waals surface area contributed by atoms with Crippen LogP contribution in [0.3, 0.4) is 0 Å². The molecule has 3 fully saturated rings. The number of aromatic amines is 1. The number of hydrogen-bond donors (Lipinski definition) is 22. The van der Waals surface area contributed by atoms with Crippen molar-refractivity contribution in [2.75, 3.05) is 103 Å². The molecule has 4 aliphatic rings. The third-order valence-corrected chi connectivity index (χ3v) is 27.1. The number of para-hydroxylation sites is 1. The maximum Gasteiger partial charge on any atom is 0.317 e. The van der Waals surface area contributed by atoms with Gasteiger partial charge < -0.3 is 131 Å². The van der Waals surface area contributed by atoms with E-state index in [1.165, 1.54) is 51.2 Å². The predicted molar refractivity (Wildman–Crippen MR) is 535 cm³/mol. The summed E-state index contributed by atoms with van der Waals surface area (Å²) in [6.07, 6.45) is 18.2.